The molecule has 7 heteroatoms. The summed E-state index contributed by atoms with van der Waals surface area (Å²) in [6, 6.07) is -0.155. The van der Waals surface area contributed by atoms with Crippen LogP contribution in [0.3, 0.4) is 0 Å². The number of nitrogens with zero attached hydrogens (tertiary/aromatic N) is 3. The Morgan fingerprint density at radius 2 is 1.75 bits per heavy atom. The van der Waals surface area contributed by atoms with Crippen LogP contribution in [-0.4, -0.2) is 83.8 Å². The Labute approximate surface area is 144 Å². The molecule has 0 aromatic carbocycles. The van der Waals surface area contributed by atoms with Crippen molar-refractivity contribution < 1.29 is 14.4 Å². The number of hydrogen-bond donors (Lipinski definition) is 1. The average Bonchev–Trinajstić information content (AvgIpc) is 2.54. The molecule has 0 radical (unpaired) electrons. The summed E-state index contributed by atoms with van der Waals surface area (Å²) in [5.74, 6) is -0.0508. The minimum atomic E-state index is -0.495. The second-order valence-corrected chi connectivity index (χ2v) is 6.96. The molecule has 2 saturated heterocycles. The van der Waals surface area contributed by atoms with Crippen molar-refractivity contribution in [2.75, 3.05) is 39.3 Å². The van der Waals surface area contributed by atoms with E-state index in [1.54, 1.807) is 11.8 Å². The van der Waals surface area contributed by atoms with Crippen molar-refractivity contribution in [3.63, 3.8) is 0 Å². The topological polar surface area (TPSA) is 73.0 Å². The van der Waals surface area contributed by atoms with E-state index < -0.39 is 6.04 Å². The molecule has 24 heavy (non-hydrogen) atoms. The Bertz CT molecular complexity index is 474. The maximum Gasteiger partial charge on any atom is 0.244 e. The lowest BCUT2D eigenvalue weighted by Crippen LogP contribution is -2.56. The monoisotopic (exact) mass is 338 g/mol. The summed E-state index contributed by atoms with van der Waals surface area (Å²) in [7, 11) is 0. The highest BCUT2D eigenvalue weighted by molar-refractivity contribution is 5.86. The van der Waals surface area contributed by atoms with Crippen molar-refractivity contribution in [3.8, 4) is 0 Å². The zero-order valence-electron chi connectivity index (χ0n) is 15.1. The molecule has 136 valence electrons. The first-order valence-corrected chi connectivity index (χ1v) is 8.96. The van der Waals surface area contributed by atoms with E-state index in [1.165, 1.54) is 13.3 Å². The lowest BCUT2D eigenvalue weighted by Gasteiger charge is -2.38. The van der Waals surface area contributed by atoms with Crippen LogP contribution in [0.1, 0.15) is 40.0 Å². The van der Waals surface area contributed by atoms with Crippen LogP contribution in [0.5, 0.6) is 0 Å². The predicted octanol–water partition coefficient (Wildman–Crippen LogP) is 0.0562. The van der Waals surface area contributed by atoms with Crippen LogP contribution < -0.4 is 5.32 Å². The van der Waals surface area contributed by atoms with Gasteiger partial charge in [-0.1, -0.05) is 0 Å². The molecule has 2 aliphatic heterocycles. The molecule has 0 aliphatic carbocycles. The Morgan fingerprint density at radius 3 is 2.33 bits per heavy atom. The van der Waals surface area contributed by atoms with Gasteiger partial charge in [0.05, 0.1) is 6.54 Å². The van der Waals surface area contributed by atoms with Gasteiger partial charge in [-0.25, -0.2) is 0 Å². The molecule has 0 bridgehead atoms. The third kappa shape index (κ3) is 4.93. The fraction of sp³-hybridized carbons (Fsp3) is 0.824. The molecule has 0 aromatic rings. The number of likely N-dealkylation sites (tertiary alicyclic amines) is 1. The summed E-state index contributed by atoms with van der Waals surface area (Å²) >= 11 is 0. The highest BCUT2D eigenvalue weighted by Crippen LogP contribution is 2.17. The van der Waals surface area contributed by atoms with Crippen LogP contribution in [0.25, 0.3) is 0 Å². The molecule has 2 rings (SSSR count). The summed E-state index contributed by atoms with van der Waals surface area (Å²) in [5.41, 5.74) is 0. The summed E-state index contributed by atoms with van der Waals surface area (Å²) in [6.07, 6.45) is 3.40. The maximum absolute atomic E-state index is 12.5. The van der Waals surface area contributed by atoms with Crippen LogP contribution in [0.2, 0.25) is 0 Å². The fourth-order valence-electron chi connectivity index (χ4n) is 3.52. The van der Waals surface area contributed by atoms with Crippen LogP contribution in [0, 0.1) is 0 Å². The van der Waals surface area contributed by atoms with Gasteiger partial charge in [-0.05, 0) is 33.1 Å². The SMILES string of the molecule is CC(=O)NC(C)C(=O)N1CCN(CC(=O)N2CCCCC2C)CC1. The Balaban J connectivity index is 1.77. The van der Waals surface area contributed by atoms with Crippen molar-refractivity contribution in [1.29, 1.82) is 0 Å². The molecule has 0 aromatic heterocycles. The molecule has 2 unspecified atom stereocenters. The molecule has 2 fully saturated rings. The summed E-state index contributed by atoms with van der Waals surface area (Å²) in [5, 5.41) is 2.63. The lowest BCUT2D eigenvalue weighted by molar-refractivity contribution is -0.139. The first-order valence-electron chi connectivity index (χ1n) is 8.96. The van der Waals surface area contributed by atoms with Crippen LogP contribution >= 0.6 is 0 Å². The molecule has 2 atom stereocenters. The molecule has 2 aliphatic rings. The predicted molar refractivity (Wildman–Crippen MR) is 91.3 cm³/mol. The van der Waals surface area contributed by atoms with Gasteiger partial charge in [0, 0.05) is 45.7 Å². The minimum absolute atomic E-state index is 0.0548. The first kappa shape index (κ1) is 18.7. The Morgan fingerprint density at radius 1 is 1.08 bits per heavy atom. The van der Waals surface area contributed by atoms with Crippen LogP contribution in [0.15, 0.2) is 0 Å². The number of carbonyl (C=O) groups is 3. The normalized spacial score (nSPS) is 23.7. The van der Waals surface area contributed by atoms with E-state index in [9.17, 15) is 14.4 Å². The third-order valence-corrected chi connectivity index (χ3v) is 4.96. The largest absolute Gasteiger partial charge is 0.345 e. The summed E-state index contributed by atoms with van der Waals surface area (Å²) < 4.78 is 0. The first-order chi connectivity index (χ1) is 11.4. The van der Waals surface area contributed by atoms with Crippen LogP contribution in [0.4, 0.5) is 0 Å². The van der Waals surface area contributed by atoms with E-state index in [1.807, 2.05) is 4.90 Å². The molecule has 0 saturated carbocycles. The number of hydrogen-bond acceptors (Lipinski definition) is 4. The highest BCUT2D eigenvalue weighted by Gasteiger charge is 2.28. The Kier molecular flexibility index (Phi) is 6.60. The fourth-order valence-corrected chi connectivity index (χ4v) is 3.52. The number of rotatable bonds is 4. The van der Waals surface area contributed by atoms with Gasteiger partial charge < -0.3 is 15.1 Å². The zero-order valence-corrected chi connectivity index (χ0v) is 15.1. The average molecular weight is 338 g/mol. The van der Waals surface area contributed by atoms with E-state index in [2.05, 4.69) is 17.1 Å². The van der Waals surface area contributed by atoms with Gasteiger partial charge >= 0.3 is 0 Å². The number of amides is 3. The van der Waals surface area contributed by atoms with Crippen molar-refractivity contribution in [2.24, 2.45) is 0 Å². The maximum atomic E-state index is 12.5. The number of piperazine rings is 1. The molecule has 1 N–H and O–H groups in total. The lowest BCUT2D eigenvalue weighted by atomic mass is 10.0. The Hall–Kier alpha value is -1.63. The van der Waals surface area contributed by atoms with E-state index in [-0.39, 0.29) is 17.7 Å². The highest BCUT2D eigenvalue weighted by atomic mass is 16.2. The van der Waals surface area contributed by atoms with Gasteiger partial charge in [0.25, 0.3) is 0 Å². The number of carbonyl (C=O) groups excluding carboxylic acids is 3. The zero-order chi connectivity index (χ0) is 17.7. The minimum Gasteiger partial charge on any atom is -0.345 e. The van der Waals surface area contributed by atoms with Gasteiger partial charge in [-0.15, -0.1) is 0 Å². The van der Waals surface area contributed by atoms with E-state index in [0.29, 0.717) is 38.8 Å². The molecule has 2 heterocycles. The van der Waals surface area contributed by atoms with E-state index in [0.717, 1.165) is 19.4 Å². The van der Waals surface area contributed by atoms with Gasteiger partial charge in [0.2, 0.25) is 17.7 Å². The van der Waals surface area contributed by atoms with Crippen molar-refractivity contribution in [1.82, 2.24) is 20.0 Å². The van der Waals surface area contributed by atoms with Crippen molar-refractivity contribution in [2.45, 2.75) is 52.1 Å². The standard InChI is InChI=1S/C17H30N4O3/c1-13-6-4-5-7-21(13)16(23)12-19-8-10-20(11-9-19)17(24)14(2)18-15(3)22/h13-14H,4-12H2,1-3H3,(H,18,22). The van der Waals surface area contributed by atoms with Crippen LogP contribution in [-0.2, 0) is 14.4 Å². The van der Waals surface area contributed by atoms with Gasteiger partial charge in [0.15, 0.2) is 0 Å². The van der Waals surface area contributed by atoms with E-state index in [4.69, 9.17) is 0 Å². The summed E-state index contributed by atoms with van der Waals surface area (Å²) in [6.45, 7) is 9.15. The van der Waals surface area contributed by atoms with Gasteiger partial charge in [-0.3, -0.25) is 19.3 Å². The van der Waals surface area contributed by atoms with Crippen molar-refractivity contribution >= 4 is 17.7 Å². The molecular formula is C17H30N4O3. The quantitative estimate of drug-likeness (QED) is 0.786. The second-order valence-electron chi connectivity index (χ2n) is 6.96. The number of nitrogens with one attached hydrogen (secondary N) is 1. The molecule has 0 spiro atoms. The van der Waals surface area contributed by atoms with E-state index >= 15 is 0 Å². The summed E-state index contributed by atoms with van der Waals surface area (Å²) in [4.78, 5) is 41.7. The second kappa shape index (κ2) is 8.46. The third-order valence-electron chi connectivity index (χ3n) is 4.96. The molecule has 7 nitrogen and oxygen atoms in total. The molecular weight excluding hydrogens is 308 g/mol. The van der Waals surface area contributed by atoms with Crippen molar-refractivity contribution in [3.05, 3.63) is 0 Å². The molecule has 3 amide bonds. The smallest absolute Gasteiger partial charge is 0.244 e. The number of piperidine rings is 1. The van der Waals surface area contributed by atoms with Gasteiger partial charge in [-0.2, -0.15) is 0 Å². The van der Waals surface area contributed by atoms with Gasteiger partial charge in [0.1, 0.15) is 6.04 Å².